The maximum absolute atomic E-state index is 12.0. The van der Waals surface area contributed by atoms with Gasteiger partial charge in [0.25, 0.3) is 0 Å². The van der Waals surface area contributed by atoms with Crippen molar-refractivity contribution in [2.24, 2.45) is 0 Å². The van der Waals surface area contributed by atoms with Gasteiger partial charge < -0.3 is 0 Å². The van der Waals surface area contributed by atoms with Gasteiger partial charge >= 0.3 is 6.18 Å². The summed E-state index contributed by atoms with van der Waals surface area (Å²) in [6.07, 6.45) is -3.58. The van der Waals surface area contributed by atoms with Crippen LogP contribution in [0.3, 0.4) is 0 Å². The number of pyridine rings is 1. The van der Waals surface area contributed by atoms with Crippen LogP contribution in [0.4, 0.5) is 13.2 Å². The lowest BCUT2D eigenvalue weighted by Gasteiger charge is -2.05. The van der Waals surface area contributed by atoms with Crippen LogP contribution in [0.1, 0.15) is 5.56 Å². The fraction of sp³-hybridized carbons (Fsp3) is 0.167. The van der Waals surface area contributed by atoms with Crippen LogP contribution in [0, 0.1) is 0 Å². The van der Waals surface area contributed by atoms with Crippen LogP contribution in [-0.2, 0) is 6.18 Å². The first kappa shape index (κ1) is 10.6. The van der Waals surface area contributed by atoms with E-state index in [1.807, 2.05) is 0 Å². The topological polar surface area (TPSA) is 24.9 Å². The van der Waals surface area contributed by atoms with Gasteiger partial charge in [0.15, 0.2) is 0 Å². The normalized spacial score (nSPS) is 11.7. The molecule has 0 aliphatic carbocycles. The summed E-state index contributed by atoms with van der Waals surface area (Å²) in [5.74, 6) is 0. The summed E-state index contributed by atoms with van der Waals surface area (Å²) in [6, 6.07) is 2.19. The molecule has 1 heterocycles. The zero-order chi connectivity index (χ0) is 9.90. The zero-order valence-electron chi connectivity index (χ0n) is 6.10. The van der Waals surface area contributed by atoms with Crippen molar-refractivity contribution in [2.45, 2.75) is 11.2 Å². The van der Waals surface area contributed by atoms with E-state index in [-0.39, 0.29) is 0 Å². The molecule has 1 rings (SSSR count). The molecule has 13 heavy (non-hydrogen) atoms. The highest BCUT2D eigenvalue weighted by atomic mass is 35.5. The van der Waals surface area contributed by atoms with Gasteiger partial charge in [-0.2, -0.15) is 17.4 Å². The monoisotopic (exact) mass is 228 g/mol. The van der Waals surface area contributed by atoms with Crippen LogP contribution >= 0.6 is 23.7 Å². The van der Waals surface area contributed by atoms with Crippen molar-refractivity contribution in [2.75, 3.05) is 0 Å². The molecule has 2 nitrogen and oxygen atoms in total. The molecule has 0 aliphatic heterocycles. The number of nitrogens with zero attached hydrogens (tertiary/aromatic N) is 1. The predicted octanol–water partition coefficient (Wildman–Crippen LogP) is 2.85. The van der Waals surface area contributed by atoms with Crippen LogP contribution in [0.15, 0.2) is 23.4 Å². The molecule has 0 atom stereocenters. The highest BCUT2D eigenvalue weighted by molar-refractivity contribution is 7.98. The lowest BCUT2D eigenvalue weighted by molar-refractivity contribution is -0.137. The molecule has 1 N–H and O–H groups in total. The van der Waals surface area contributed by atoms with E-state index >= 15 is 0 Å². The first-order chi connectivity index (χ1) is 6.04. The second-order valence-corrected chi connectivity index (χ2v) is 3.30. The average molecular weight is 229 g/mol. The second kappa shape index (κ2) is 4.17. The first-order valence-electron chi connectivity index (χ1n) is 3.10. The van der Waals surface area contributed by atoms with Gasteiger partial charge in [-0.3, -0.25) is 0 Å². The number of alkyl halides is 3. The van der Waals surface area contributed by atoms with Crippen molar-refractivity contribution < 1.29 is 13.2 Å². The van der Waals surface area contributed by atoms with Gasteiger partial charge in [0.1, 0.15) is 5.03 Å². The van der Waals surface area contributed by atoms with Gasteiger partial charge in [-0.25, -0.2) is 4.98 Å². The molecule has 0 amide bonds. The highest BCUT2D eigenvalue weighted by Gasteiger charge is 2.30. The molecule has 0 aliphatic rings. The van der Waals surface area contributed by atoms with Crippen LogP contribution in [0.25, 0.3) is 0 Å². The maximum atomic E-state index is 12.0. The minimum absolute atomic E-state index is 0.378. The van der Waals surface area contributed by atoms with Crippen molar-refractivity contribution in [1.82, 2.24) is 9.23 Å². The molecule has 0 aromatic carbocycles. The van der Waals surface area contributed by atoms with Crippen molar-refractivity contribution in [3.05, 3.63) is 23.9 Å². The fourth-order valence-electron chi connectivity index (χ4n) is 0.648. The molecule has 0 unspecified atom stereocenters. The van der Waals surface area contributed by atoms with Crippen LogP contribution < -0.4 is 4.24 Å². The predicted molar refractivity (Wildman–Crippen MR) is 44.1 cm³/mol. The largest absolute Gasteiger partial charge is 0.417 e. The van der Waals surface area contributed by atoms with Gasteiger partial charge in [-0.15, -0.1) is 0 Å². The Balaban J connectivity index is 2.81. The number of hydrogen-bond acceptors (Lipinski definition) is 3. The summed E-state index contributed by atoms with van der Waals surface area (Å²) in [4.78, 5) is 3.53. The smallest absolute Gasteiger partial charge is 0.248 e. The molecule has 1 aromatic heterocycles. The molecule has 0 fully saturated rings. The Bertz CT molecular complexity index is 274. The standard InChI is InChI=1S/C6H4ClF3N2S/c7-12-13-5-2-1-4(3-11-5)6(8,9)10/h1-3,12H. The molecule has 1 aromatic rings. The molecule has 0 spiro atoms. The van der Waals surface area contributed by atoms with E-state index in [1.54, 1.807) is 0 Å². The third-order valence-electron chi connectivity index (χ3n) is 1.21. The molecule has 0 bridgehead atoms. The molecule has 0 saturated heterocycles. The molecule has 0 radical (unpaired) electrons. The molecule has 72 valence electrons. The number of rotatable bonds is 2. The molecule has 0 saturated carbocycles. The molecule has 7 heteroatoms. The summed E-state index contributed by atoms with van der Waals surface area (Å²) in [7, 11) is 0. The van der Waals surface area contributed by atoms with Crippen molar-refractivity contribution in [3.8, 4) is 0 Å². The lowest BCUT2D eigenvalue weighted by Crippen LogP contribution is -2.05. The first-order valence-corrected chi connectivity index (χ1v) is 4.29. The van der Waals surface area contributed by atoms with Gasteiger partial charge in [0, 0.05) is 6.20 Å². The van der Waals surface area contributed by atoms with E-state index in [1.165, 1.54) is 6.07 Å². The zero-order valence-corrected chi connectivity index (χ0v) is 7.67. The summed E-state index contributed by atoms with van der Waals surface area (Å²) in [5.41, 5.74) is -0.772. The summed E-state index contributed by atoms with van der Waals surface area (Å²) < 4.78 is 38.2. The maximum Gasteiger partial charge on any atom is 0.417 e. The Morgan fingerprint density at radius 3 is 2.46 bits per heavy atom. The van der Waals surface area contributed by atoms with Crippen molar-refractivity contribution in [3.63, 3.8) is 0 Å². The Morgan fingerprint density at radius 1 is 1.38 bits per heavy atom. The van der Waals surface area contributed by atoms with E-state index in [2.05, 4.69) is 9.23 Å². The van der Waals surface area contributed by atoms with E-state index in [0.717, 1.165) is 24.2 Å². The molecular formula is C6H4ClF3N2S. The summed E-state index contributed by atoms with van der Waals surface area (Å²) in [6.45, 7) is 0. The van der Waals surface area contributed by atoms with Crippen LogP contribution in [0.5, 0.6) is 0 Å². The van der Waals surface area contributed by atoms with Gasteiger partial charge in [-0.1, -0.05) is 0 Å². The van der Waals surface area contributed by atoms with E-state index in [0.29, 0.717) is 5.03 Å². The Hall–Kier alpha value is -0.460. The number of hydrogen-bond donors (Lipinski definition) is 1. The van der Waals surface area contributed by atoms with E-state index in [4.69, 9.17) is 11.8 Å². The Labute approximate surface area is 81.7 Å². The number of aromatic nitrogens is 1. The quantitative estimate of drug-likeness (QED) is 0.622. The van der Waals surface area contributed by atoms with Gasteiger partial charge in [-0.05, 0) is 35.9 Å². The number of nitrogens with one attached hydrogen (secondary N) is 1. The number of halogens is 4. The Morgan fingerprint density at radius 2 is 2.08 bits per heavy atom. The summed E-state index contributed by atoms with van der Waals surface area (Å²) in [5, 5.41) is 0.378. The van der Waals surface area contributed by atoms with Crippen molar-refractivity contribution in [1.29, 1.82) is 0 Å². The minimum atomic E-state index is -4.34. The summed E-state index contributed by atoms with van der Waals surface area (Å²) >= 11 is 6.05. The van der Waals surface area contributed by atoms with Gasteiger partial charge in [0.05, 0.1) is 5.56 Å². The van der Waals surface area contributed by atoms with Crippen LogP contribution in [-0.4, -0.2) is 4.98 Å². The fourth-order valence-corrected chi connectivity index (χ4v) is 1.21. The third kappa shape index (κ3) is 3.06. The third-order valence-corrected chi connectivity index (χ3v) is 1.97. The Kier molecular flexibility index (Phi) is 3.40. The average Bonchev–Trinajstić information content (AvgIpc) is 2.04. The van der Waals surface area contributed by atoms with Crippen molar-refractivity contribution >= 4 is 23.7 Å². The second-order valence-electron chi connectivity index (χ2n) is 2.06. The van der Waals surface area contributed by atoms with E-state index in [9.17, 15) is 13.2 Å². The lowest BCUT2D eigenvalue weighted by atomic mass is 10.3. The highest BCUT2D eigenvalue weighted by Crippen LogP contribution is 2.29. The minimum Gasteiger partial charge on any atom is -0.248 e. The molecular weight excluding hydrogens is 225 g/mol. The SMILES string of the molecule is FC(F)(F)c1ccc(SNCl)nc1. The van der Waals surface area contributed by atoms with Crippen LogP contribution in [0.2, 0.25) is 0 Å². The van der Waals surface area contributed by atoms with Gasteiger partial charge in [0.2, 0.25) is 0 Å². The van der Waals surface area contributed by atoms with E-state index < -0.39 is 11.7 Å².